The highest BCUT2D eigenvalue weighted by molar-refractivity contribution is 5.97. The molecule has 1 atom stereocenters. The van der Waals surface area contributed by atoms with Crippen molar-refractivity contribution in [3.8, 4) is 0 Å². The summed E-state index contributed by atoms with van der Waals surface area (Å²) in [6, 6.07) is 4.06. The van der Waals surface area contributed by atoms with Crippen LogP contribution in [0.1, 0.15) is 42.5 Å². The summed E-state index contributed by atoms with van der Waals surface area (Å²) >= 11 is 0. The maximum absolute atomic E-state index is 13.2. The van der Waals surface area contributed by atoms with Crippen LogP contribution in [-0.4, -0.2) is 39.5 Å². The number of fused-ring (bicyclic) bond motifs is 1. The highest BCUT2D eigenvalue weighted by atomic mass is 35.5. The van der Waals surface area contributed by atoms with Crippen molar-refractivity contribution in [3.05, 3.63) is 29.6 Å². The van der Waals surface area contributed by atoms with E-state index in [-0.39, 0.29) is 42.3 Å². The lowest BCUT2D eigenvalue weighted by Crippen LogP contribution is -2.31. The molecule has 2 N–H and O–H groups in total. The predicted molar refractivity (Wildman–Crippen MR) is 98.1 cm³/mol. The van der Waals surface area contributed by atoms with Gasteiger partial charge in [0.2, 0.25) is 5.82 Å². The molecule has 146 valence electrons. The van der Waals surface area contributed by atoms with Gasteiger partial charge in [0.15, 0.2) is 0 Å². The first-order chi connectivity index (χ1) is 11.2. The number of likely N-dealkylation sites (tertiary alicyclic amines) is 1. The highest BCUT2D eigenvalue weighted by Crippen LogP contribution is 2.34. The Morgan fingerprint density at radius 2 is 1.96 bits per heavy atom. The third-order valence-corrected chi connectivity index (χ3v) is 4.22. The number of hydrogen-bond donors (Lipinski definition) is 1. The van der Waals surface area contributed by atoms with Crippen LogP contribution in [0.25, 0.3) is 11.0 Å². The largest absolute Gasteiger partial charge is 0.449 e. The Labute approximate surface area is 161 Å². The van der Waals surface area contributed by atoms with Crippen molar-refractivity contribution in [1.29, 1.82) is 0 Å². The lowest BCUT2D eigenvalue weighted by Gasteiger charge is -2.16. The van der Waals surface area contributed by atoms with Crippen molar-refractivity contribution >= 4 is 41.8 Å². The van der Waals surface area contributed by atoms with Gasteiger partial charge in [-0.25, -0.2) is 4.98 Å². The Balaban J connectivity index is 0.00000169. The van der Waals surface area contributed by atoms with Crippen LogP contribution in [0.5, 0.6) is 0 Å². The Morgan fingerprint density at radius 1 is 1.31 bits per heavy atom. The van der Waals surface area contributed by atoms with Crippen LogP contribution >= 0.6 is 24.8 Å². The summed E-state index contributed by atoms with van der Waals surface area (Å²) in [6.07, 6.45) is -3.82. The normalized spacial score (nSPS) is 17.3. The van der Waals surface area contributed by atoms with E-state index in [0.717, 1.165) is 11.0 Å². The lowest BCUT2D eigenvalue weighted by molar-refractivity contribution is -0.147. The molecule has 1 amide bonds. The summed E-state index contributed by atoms with van der Waals surface area (Å²) in [7, 11) is 0. The maximum Gasteiger partial charge on any atom is 0.449 e. The van der Waals surface area contributed by atoms with Gasteiger partial charge in [-0.15, -0.1) is 24.8 Å². The molecule has 0 aliphatic carbocycles. The van der Waals surface area contributed by atoms with Gasteiger partial charge in [0.1, 0.15) is 0 Å². The first kappa shape index (κ1) is 22.5. The number of carbonyl (C=O) groups is 1. The van der Waals surface area contributed by atoms with Gasteiger partial charge in [0, 0.05) is 30.7 Å². The number of nitrogens with zero attached hydrogens (tertiary/aromatic N) is 3. The van der Waals surface area contributed by atoms with Gasteiger partial charge in [0.25, 0.3) is 5.91 Å². The molecule has 1 aliphatic rings. The molecule has 2 heterocycles. The van der Waals surface area contributed by atoms with Gasteiger partial charge in [-0.3, -0.25) is 4.79 Å². The molecular weight excluding hydrogens is 392 g/mol. The minimum atomic E-state index is -4.55. The Bertz CT molecular complexity index is 792. The van der Waals surface area contributed by atoms with Crippen LogP contribution in [0.2, 0.25) is 0 Å². The third-order valence-electron chi connectivity index (χ3n) is 4.22. The minimum Gasteiger partial charge on any atom is -0.337 e. The zero-order valence-electron chi connectivity index (χ0n) is 14.3. The van der Waals surface area contributed by atoms with Crippen molar-refractivity contribution in [2.24, 2.45) is 5.73 Å². The van der Waals surface area contributed by atoms with Crippen molar-refractivity contribution in [2.75, 3.05) is 13.1 Å². The van der Waals surface area contributed by atoms with Crippen molar-refractivity contribution < 1.29 is 18.0 Å². The number of benzene rings is 1. The molecule has 1 aromatic carbocycles. The standard InChI is InChI=1S/C16H19F3N4O.2ClH/c1-9(2)23-13-4-3-10(14(24)22-6-5-11(20)8-22)7-12(13)21-15(23)16(17,18)19;;/h3-4,7,9,11H,5-6,8,20H2,1-2H3;2*1H/t11-;;/m1../s1. The quantitative estimate of drug-likeness (QED) is 0.818. The fraction of sp³-hybridized carbons (Fsp3) is 0.500. The van der Waals surface area contributed by atoms with E-state index in [0.29, 0.717) is 24.2 Å². The van der Waals surface area contributed by atoms with Crippen LogP contribution < -0.4 is 5.73 Å². The predicted octanol–water partition coefficient (Wildman–Crippen LogP) is 3.65. The minimum absolute atomic E-state index is 0. The molecule has 10 heteroatoms. The number of aromatic nitrogens is 2. The van der Waals surface area contributed by atoms with Crippen molar-refractivity contribution in [3.63, 3.8) is 0 Å². The maximum atomic E-state index is 13.2. The molecular formula is C16H21Cl2F3N4O. The van der Waals surface area contributed by atoms with Gasteiger partial charge in [-0.2, -0.15) is 13.2 Å². The van der Waals surface area contributed by atoms with Crippen molar-refractivity contribution in [2.45, 2.75) is 38.5 Å². The van der Waals surface area contributed by atoms with Gasteiger partial charge < -0.3 is 15.2 Å². The summed E-state index contributed by atoms with van der Waals surface area (Å²) in [6.45, 7) is 4.36. The SMILES string of the molecule is CC(C)n1c(C(F)(F)F)nc2cc(C(=O)N3CC[C@@H](N)C3)ccc21.Cl.Cl. The Kier molecular flexibility index (Phi) is 6.95. The summed E-state index contributed by atoms with van der Waals surface area (Å²) in [5.41, 5.74) is 6.67. The smallest absolute Gasteiger partial charge is 0.337 e. The molecule has 26 heavy (non-hydrogen) atoms. The molecule has 0 saturated carbocycles. The number of alkyl halides is 3. The number of imidazole rings is 1. The van der Waals surface area contributed by atoms with E-state index in [1.807, 2.05) is 0 Å². The topological polar surface area (TPSA) is 64.2 Å². The van der Waals surface area contributed by atoms with E-state index < -0.39 is 18.0 Å². The average Bonchev–Trinajstić information content (AvgIpc) is 3.08. The van der Waals surface area contributed by atoms with Crippen molar-refractivity contribution in [1.82, 2.24) is 14.5 Å². The van der Waals surface area contributed by atoms with E-state index in [1.165, 1.54) is 12.1 Å². The fourth-order valence-electron chi connectivity index (χ4n) is 3.11. The van der Waals surface area contributed by atoms with Crippen LogP contribution in [0.3, 0.4) is 0 Å². The molecule has 1 saturated heterocycles. The number of hydrogen-bond acceptors (Lipinski definition) is 3. The number of nitrogens with two attached hydrogens (primary N) is 1. The molecule has 0 spiro atoms. The molecule has 1 aliphatic heterocycles. The zero-order chi connectivity index (χ0) is 17.6. The van der Waals surface area contributed by atoms with Crippen LogP contribution in [0.15, 0.2) is 18.2 Å². The second-order valence-corrected chi connectivity index (χ2v) is 6.40. The van der Waals surface area contributed by atoms with Crippen LogP contribution in [0.4, 0.5) is 13.2 Å². The highest BCUT2D eigenvalue weighted by Gasteiger charge is 2.38. The average molecular weight is 413 g/mol. The molecule has 0 radical (unpaired) electrons. The Hall–Kier alpha value is -1.51. The third kappa shape index (κ3) is 4.07. The van der Waals surface area contributed by atoms with Gasteiger partial charge in [-0.1, -0.05) is 0 Å². The van der Waals surface area contributed by atoms with Crippen LogP contribution in [-0.2, 0) is 6.18 Å². The fourth-order valence-corrected chi connectivity index (χ4v) is 3.11. The van der Waals surface area contributed by atoms with E-state index in [9.17, 15) is 18.0 Å². The second kappa shape index (κ2) is 8.02. The number of carbonyl (C=O) groups excluding carboxylic acids is 1. The second-order valence-electron chi connectivity index (χ2n) is 6.40. The molecule has 0 unspecified atom stereocenters. The monoisotopic (exact) mass is 412 g/mol. The number of amides is 1. The van der Waals surface area contributed by atoms with Gasteiger partial charge >= 0.3 is 6.18 Å². The summed E-state index contributed by atoms with van der Waals surface area (Å²) < 4.78 is 40.8. The van der Waals surface area contributed by atoms with E-state index in [2.05, 4.69) is 4.98 Å². The van der Waals surface area contributed by atoms with E-state index in [1.54, 1.807) is 24.8 Å². The van der Waals surface area contributed by atoms with E-state index >= 15 is 0 Å². The molecule has 5 nitrogen and oxygen atoms in total. The Morgan fingerprint density at radius 3 is 2.46 bits per heavy atom. The molecule has 0 bridgehead atoms. The summed E-state index contributed by atoms with van der Waals surface area (Å²) in [4.78, 5) is 17.8. The number of halogens is 5. The molecule has 2 aromatic rings. The lowest BCUT2D eigenvalue weighted by atomic mass is 10.1. The van der Waals surface area contributed by atoms with Gasteiger partial charge in [0.05, 0.1) is 11.0 Å². The van der Waals surface area contributed by atoms with Crippen LogP contribution in [0, 0.1) is 0 Å². The first-order valence-electron chi connectivity index (χ1n) is 7.82. The van der Waals surface area contributed by atoms with Gasteiger partial charge in [-0.05, 0) is 38.5 Å². The summed E-state index contributed by atoms with van der Waals surface area (Å²) in [5.74, 6) is -1.17. The number of rotatable bonds is 2. The molecule has 1 aromatic heterocycles. The van der Waals surface area contributed by atoms with E-state index in [4.69, 9.17) is 5.73 Å². The molecule has 3 rings (SSSR count). The first-order valence-corrected chi connectivity index (χ1v) is 7.82. The summed E-state index contributed by atoms with van der Waals surface area (Å²) in [5, 5.41) is 0. The zero-order valence-corrected chi connectivity index (χ0v) is 15.9. The molecule has 1 fully saturated rings.